The molecule has 3 N–H and O–H groups in total. The van der Waals surface area contributed by atoms with Gasteiger partial charge in [0.05, 0.1) is 4.88 Å². The summed E-state index contributed by atoms with van der Waals surface area (Å²) in [6, 6.07) is 22.4. The van der Waals surface area contributed by atoms with Gasteiger partial charge in [-0.15, -0.1) is 36.2 Å². The molecule has 2 aromatic carbocycles. The Kier molecular flexibility index (Phi) is 9.06. The van der Waals surface area contributed by atoms with Crippen molar-refractivity contribution in [2.75, 3.05) is 17.2 Å². The molecular weight excluding hydrogens is 373 g/mol. The number of para-hydroxylation sites is 1. The van der Waals surface area contributed by atoms with Gasteiger partial charge in [-0.05, 0) is 47.7 Å². The summed E-state index contributed by atoms with van der Waals surface area (Å²) in [5, 5.41) is 16.7. The minimum absolute atomic E-state index is 0. The van der Waals surface area contributed by atoms with Gasteiger partial charge in [-0.1, -0.05) is 36.4 Å². The Morgan fingerprint density at radius 2 is 1.64 bits per heavy atom. The second kappa shape index (κ2) is 10.8. The molecule has 0 bridgehead atoms. The lowest BCUT2D eigenvalue weighted by Crippen LogP contribution is -2.10. The van der Waals surface area contributed by atoms with Crippen LogP contribution in [-0.2, 0) is 6.42 Å². The maximum atomic E-state index is 8.09. The van der Waals surface area contributed by atoms with Crippen molar-refractivity contribution in [2.24, 2.45) is 0 Å². The van der Waals surface area contributed by atoms with Crippen LogP contribution in [0.15, 0.2) is 72.1 Å². The summed E-state index contributed by atoms with van der Waals surface area (Å²) >= 11 is 1.57. The largest absolute Gasteiger partial charge is 0.385 e. The van der Waals surface area contributed by atoms with Gasteiger partial charge in [-0.2, -0.15) is 0 Å². The number of rotatable bonds is 6. The second-order valence-electron chi connectivity index (χ2n) is 5.22. The number of thiophene rings is 1. The van der Waals surface area contributed by atoms with Crippen LogP contribution in [0.5, 0.6) is 0 Å². The van der Waals surface area contributed by atoms with E-state index >= 15 is 0 Å². The van der Waals surface area contributed by atoms with E-state index in [1.165, 1.54) is 5.56 Å². The van der Waals surface area contributed by atoms with E-state index in [2.05, 4.69) is 34.9 Å². The van der Waals surface area contributed by atoms with Gasteiger partial charge in [0.25, 0.3) is 0 Å². The van der Waals surface area contributed by atoms with Crippen LogP contribution in [0, 0.1) is 5.41 Å². The number of halogens is 2. The topological polar surface area (TPSA) is 47.9 Å². The van der Waals surface area contributed by atoms with Crippen LogP contribution < -0.4 is 10.6 Å². The number of anilines is 2. The van der Waals surface area contributed by atoms with Gasteiger partial charge in [0.2, 0.25) is 0 Å². The van der Waals surface area contributed by atoms with Crippen molar-refractivity contribution >= 4 is 53.4 Å². The first-order valence-electron chi connectivity index (χ1n) is 7.58. The fourth-order valence-corrected chi connectivity index (χ4v) is 2.97. The van der Waals surface area contributed by atoms with Crippen LogP contribution >= 0.6 is 36.2 Å². The van der Waals surface area contributed by atoms with Crippen LogP contribution in [0.1, 0.15) is 10.4 Å². The van der Waals surface area contributed by atoms with Gasteiger partial charge in [0.1, 0.15) is 5.84 Å². The quantitative estimate of drug-likeness (QED) is 0.372. The first-order chi connectivity index (χ1) is 11.3. The predicted octanol–water partition coefficient (Wildman–Crippen LogP) is 5.68. The summed E-state index contributed by atoms with van der Waals surface area (Å²) in [7, 11) is 0. The lowest BCUT2D eigenvalue weighted by atomic mass is 10.1. The SMILES string of the molecule is Cl.Cl.N=C(Nc1cccc(CCNc2ccccc2)c1)c1cccs1. The third-order valence-electron chi connectivity index (χ3n) is 3.48. The Morgan fingerprint density at radius 1 is 0.880 bits per heavy atom. The molecule has 1 heterocycles. The standard InChI is InChI=1S/C19H19N3S.2ClH/c20-19(18-10-5-13-23-18)22-17-9-4-6-15(14-17)11-12-21-16-7-2-1-3-8-16;;/h1-10,13-14,21H,11-12H2,(H2,20,22);2*1H. The molecule has 0 fully saturated rings. The van der Waals surface area contributed by atoms with Crippen LogP contribution in [0.3, 0.4) is 0 Å². The smallest absolute Gasteiger partial charge is 0.140 e. The normalized spacial score (nSPS) is 9.44. The first-order valence-corrected chi connectivity index (χ1v) is 8.46. The van der Waals surface area contributed by atoms with Crippen molar-refractivity contribution < 1.29 is 0 Å². The van der Waals surface area contributed by atoms with Gasteiger partial charge in [0.15, 0.2) is 0 Å². The van der Waals surface area contributed by atoms with E-state index in [0.717, 1.165) is 29.2 Å². The Hall–Kier alpha value is -2.01. The van der Waals surface area contributed by atoms with Crippen molar-refractivity contribution in [2.45, 2.75) is 6.42 Å². The van der Waals surface area contributed by atoms with E-state index < -0.39 is 0 Å². The fraction of sp³-hybridized carbons (Fsp3) is 0.105. The molecule has 1 aromatic heterocycles. The Bertz CT molecular complexity index is 761. The Labute approximate surface area is 164 Å². The molecule has 0 aliphatic heterocycles. The van der Waals surface area contributed by atoms with Crippen LogP contribution in [0.4, 0.5) is 11.4 Å². The fourth-order valence-electron chi connectivity index (χ4n) is 2.34. The molecule has 0 saturated heterocycles. The highest BCUT2D eigenvalue weighted by molar-refractivity contribution is 7.12. The molecule has 0 atom stereocenters. The molecule has 0 saturated carbocycles. The summed E-state index contributed by atoms with van der Waals surface area (Å²) < 4.78 is 0. The van der Waals surface area contributed by atoms with Crippen molar-refractivity contribution in [3.8, 4) is 0 Å². The highest BCUT2D eigenvalue weighted by atomic mass is 35.5. The molecule has 25 heavy (non-hydrogen) atoms. The van der Waals surface area contributed by atoms with E-state index in [9.17, 15) is 0 Å². The van der Waals surface area contributed by atoms with Gasteiger partial charge >= 0.3 is 0 Å². The zero-order valence-electron chi connectivity index (χ0n) is 13.6. The van der Waals surface area contributed by atoms with Crippen LogP contribution in [0.2, 0.25) is 0 Å². The maximum absolute atomic E-state index is 8.09. The number of benzene rings is 2. The average Bonchev–Trinajstić information content (AvgIpc) is 3.11. The molecule has 0 aliphatic rings. The molecular formula is C19H21Cl2N3S. The van der Waals surface area contributed by atoms with Crippen molar-refractivity contribution in [1.29, 1.82) is 5.41 Å². The van der Waals surface area contributed by atoms with Gasteiger partial charge in [-0.3, -0.25) is 5.41 Å². The molecule has 0 unspecified atom stereocenters. The Morgan fingerprint density at radius 3 is 2.36 bits per heavy atom. The summed E-state index contributed by atoms with van der Waals surface area (Å²) in [4.78, 5) is 0.946. The highest BCUT2D eigenvalue weighted by Crippen LogP contribution is 2.15. The predicted molar refractivity (Wildman–Crippen MR) is 114 cm³/mol. The third-order valence-corrected chi connectivity index (χ3v) is 4.37. The molecule has 3 nitrogen and oxygen atoms in total. The number of amidine groups is 1. The third kappa shape index (κ3) is 6.42. The highest BCUT2D eigenvalue weighted by Gasteiger charge is 2.03. The van der Waals surface area contributed by atoms with Crippen LogP contribution in [0.25, 0.3) is 0 Å². The molecule has 0 spiro atoms. The van der Waals surface area contributed by atoms with E-state index in [4.69, 9.17) is 5.41 Å². The summed E-state index contributed by atoms with van der Waals surface area (Å²) in [6.07, 6.45) is 0.941. The summed E-state index contributed by atoms with van der Waals surface area (Å²) in [5.74, 6) is 0.444. The zero-order valence-corrected chi connectivity index (χ0v) is 16.0. The maximum Gasteiger partial charge on any atom is 0.140 e. The molecule has 0 aliphatic carbocycles. The van der Waals surface area contributed by atoms with Crippen molar-refractivity contribution in [3.05, 3.63) is 82.6 Å². The van der Waals surface area contributed by atoms with Crippen LogP contribution in [-0.4, -0.2) is 12.4 Å². The average molecular weight is 394 g/mol. The number of hydrogen-bond acceptors (Lipinski definition) is 3. The van der Waals surface area contributed by atoms with Crippen molar-refractivity contribution in [3.63, 3.8) is 0 Å². The lowest BCUT2D eigenvalue weighted by molar-refractivity contribution is 1.02. The van der Waals surface area contributed by atoms with Crippen molar-refractivity contribution in [1.82, 2.24) is 0 Å². The van der Waals surface area contributed by atoms with Gasteiger partial charge < -0.3 is 10.6 Å². The minimum Gasteiger partial charge on any atom is -0.385 e. The summed E-state index contributed by atoms with van der Waals surface area (Å²) in [6.45, 7) is 0.885. The van der Waals surface area contributed by atoms with Gasteiger partial charge in [-0.25, -0.2) is 0 Å². The minimum atomic E-state index is 0. The number of nitrogens with one attached hydrogen (secondary N) is 3. The van der Waals surface area contributed by atoms with E-state index in [1.807, 2.05) is 47.8 Å². The molecule has 6 heteroatoms. The Balaban J connectivity index is 0.00000156. The van der Waals surface area contributed by atoms with E-state index in [1.54, 1.807) is 11.3 Å². The zero-order chi connectivity index (χ0) is 15.9. The summed E-state index contributed by atoms with van der Waals surface area (Å²) in [5.41, 5.74) is 3.35. The van der Waals surface area contributed by atoms with E-state index in [0.29, 0.717) is 5.84 Å². The lowest BCUT2D eigenvalue weighted by Gasteiger charge is -2.09. The molecule has 132 valence electrons. The van der Waals surface area contributed by atoms with Gasteiger partial charge in [0, 0.05) is 17.9 Å². The first kappa shape index (κ1) is 21.0. The molecule has 0 amide bonds. The molecule has 3 aromatic rings. The monoisotopic (exact) mass is 393 g/mol. The molecule has 0 radical (unpaired) electrons. The van der Waals surface area contributed by atoms with E-state index in [-0.39, 0.29) is 24.8 Å². The molecule has 3 rings (SSSR count). The second-order valence-corrected chi connectivity index (χ2v) is 6.17. The number of hydrogen-bond donors (Lipinski definition) is 3.